The maximum absolute atomic E-state index is 11.9. The molecule has 0 unspecified atom stereocenters. The Morgan fingerprint density at radius 3 is 2.52 bits per heavy atom. The molecule has 6 nitrogen and oxygen atoms in total. The Balaban J connectivity index is 2.18. The molecular formula is C14H25N3O3S. The molecule has 120 valence electrons. The normalized spacial score (nSPS) is 11.8. The van der Waals surface area contributed by atoms with Crippen LogP contribution in [0.15, 0.2) is 30.3 Å². The van der Waals surface area contributed by atoms with Crippen molar-refractivity contribution in [2.24, 2.45) is 0 Å². The van der Waals surface area contributed by atoms with Gasteiger partial charge < -0.3 is 10.1 Å². The number of nitrogens with zero attached hydrogens (tertiary/aromatic N) is 1. The third-order valence-electron chi connectivity index (χ3n) is 2.93. The largest absolute Gasteiger partial charge is 0.494 e. The molecule has 0 amide bonds. The minimum atomic E-state index is -3.39. The molecule has 0 bridgehead atoms. The zero-order valence-corrected chi connectivity index (χ0v) is 13.5. The smallest absolute Gasteiger partial charge is 0.279 e. The average molecular weight is 315 g/mol. The van der Waals surface area contributed by atoms with Crippen molar-refractivity contribution < 1.29 is 13.2 Å². The van der Waals surface area contributed by atoms with Crippen molar-refractivity contribution in [1.29, 1.82) is 0 Å². The van der Waals surface area contributed by atoms with Crippen LogP contribution >= 0.6 is 0 Å². The summed E-state index contributed by atoms with van der Waals surface area (Å²) >= 11 is 0. The first-order valence-corrected chi connectivity index (χ1v) is 8.53. The van der Waals surface area contributed by atoms with Gasteiger partial charge in [0.15, 0.2) is 0 Å². The first kappa shape index (κ1) is 17.9. The lowest BCUT2D eigenvalue weighted by molar-refractivity contribution is 0.311. The summed E-state index contributed by atoms with van der Waals surface area (Å²) in [6, 6.07) is 9.47. The molecule has 0 saturated heterocycles. The van der Waals surface area contributed by atoms with E-state index in [0.717, 1.165) is 18.7 Å². The van der Waals surface area contributed by atoms with E-state index in [9.17, 15) is 8.42 Å². The molecule has 0 aliphatic carbocycles. The lowest BCUT2D eigenvalue weighted by Gasteiger charge is -2.17. The van der Waals surface area contributed by atoms with Crippen molar-refractivity contribution in [2.45, 2.75) is 12.8 Å². The van der Waals surface area contributed by atoms with Gasteiger partial charge in [0.05, 0.1) is 6.61 Å². The van der Waals surface area contributed by atoms with E-state index in [1.165, 1.54) is 4.31 Å². The molecule has 0 saturated carbocycles. The van der Waals surface area contributed by atoms with E-state index in [0.29, 0.717) is 26.1 Å². The van der Waals surface area contributed by atoms with Crippen LogP contribution in [-0.4, -0.2) is 53.1 Å². The Morgan fingerprint density at radius 2 is 1.86 bits per heavy atom. The lowest BCUT2D eigenvalue weighted by Crippen LogP contribution is -2.39. The van der Waals surface area contributed by atoms with Gasteiger partial charge in [-0.3, -0.25) is 0 Å². The Kier molecular flexibility index (Phi) is 8.29. The molecule has 0 aromatic heterocycles. The second-order valence-corrected chi connectivity index (χ2v) is 6.56. The van der Waals surface area contributed by atoms with Crippen LogP contribution in [0.25, 0.3) is 0 Å². The van der Waals surface area contributed by atoms with Crippen LogP contribution in [0.5, 0.6) is 5.75 Å². The minimum absolute atomic E-state index is 0.367. The molecule has 0 aliphatic heterocycles. The van der Waals surface area contributed by atoms with Crippen LogP contribution in [0.3, 0.4) is 0 Å². The van der Waals surface area contributed by atoms with Gasteiger partial charge in [0, 0.05) is 20.1 Å². The highest BCUT2D eigenvalue weighted by Gasteiger charge is 2.15. The molecule has 0 aliphatic rings. The molecule has 0 atom stereocenters. The number of benzene rings is 1. The van der Waals surface area contributed by atoms with E-state index in [1.54, 1.807) is 7.05 Å². The highest BCUT2D eigenvalue weighted by atomic mass is 32.2. The first-order chi connectivity index (χ1) is 10.1. The van der Waals surface area contributed by atoms with E-state index < -0.39 is 10.2 Å². The highest BCUT2D eigenvalue weighted by Crippen LogP contribution is 2.08. The molecule has 7 heteroatoms. The van der Waals surface area contributed by atoms with Gasteiger partial charge in [0.2, 0.25) is 0 Å². The summed E-state index contributed by atoms with van der Waals surface area (Å²) in [6.45, 7) is 2.14. The van der Waals surface area contributed by atoms with Crippen LogP contribution < -0.4 is 14.8 Å². The van der Waals surface area contributed by atoms with Crippen LogP contribution in [0.1, 0.15) is 12.8 Å². The topological polar surface area (TPSA) is 70.7 Å². The predicted molar refractivity (Wildman–Crippen MR) is 84.7 cm³/mol. The number of ether oxygens (including phenoxy) is 1. The second kappa shape index (κ2) is 9.73. The number of hydrogen-bond acceptors (Lipinski definition) is 4. The molecule has 1 aromatic rings. The molecule has 0 spiro atoms. The van der Waals surface area contributed by atoms with E-state index in [2.05, 4.69) is 10.0 Å². The highest BCUT2D eigenvalue weighted by molar-refractivity contribution is 7.87. The average Bonchev–Trinajstić information content (AvgIpc) is 2.48. The van der Waals surface area contributed by atoms with E-state index in [1.807, 2.05) is 37.4 Å². The summed E-state index contributed by atoms with van der Waals surface area (Å²) in [5, 5.41) is 2.99. The monoisotopic (exact) mass is 315 g/mol. The van der Waals surface area contributed by atoms with Crippen LogP contribution in [-0.2, 0) is 10.2 Å². The van der Waals surface area contributed by atoms with Gasteiger partial charge in [-0.15, -0.1) is 0 Å². The molecule has 0 fully saturated rings. The standard InChI is InChI=1S/C14H25N3O3S/c1-15-10-6-12-17(2)21(18,19)16-11-7-13-20-14-8-4-3-5-9-14/h3-5,8-9,15-16H,6-7,10-13H2,1-2H3. The van der Waals surface area contributed by atoms with Crippen molar-refractivity contribution >= 4 is 10.2 Å². The van der Waals surface area contributed by atoms with Gasteiger partial charge in [0.25, 0.3) is 10.2 Å². The quantitative estimate of drug-likeness (QED) is 0.594. The zero-order chi connectivity index (χ0) is 15.6. The summed E-state index contributed by atoms with van der Waals surface area (Å²) < 4.78 is 33.2. The first-order valence-electron chi connectivity index (χ1n) is 7.09. The van der Waals surface area contributed by atoms with Crippen LogP contribution in [0.2, 0.25) is 0 Å². The molecule has 0 radical (unpaired) electrons. The summed E-state index contributed by atoms with van der Waals surface area (Å²) in [4.78, 5) is 0. The number of nitrogens with one attached hydrogen (secondary N) is 2. The Bertz CT molecular complexity index is 479. The Hall–Kier alpha value is -1.15. The molecule has 2 N–H and O–H groups in total. The van der Waals surface area contributed by atoms with Crippen LogP contribution in [0, 0.1) is 0 Å². The van der Waals surface area contributed by atoms with Gasteiger partial charge in [-0.25, -0.2) is 4.72 Å². The second-order valence-electron chi connectivity index (χ2n) is 4.69. The van der Waals surface area contributed by atoms with E-state index >= 15 is 0 Å². The van der Waals surface area contributed by atoms with Gasteiger partial charge in [-0.05, 0) is 38.6 Å². The van der Waals surface area contributed by atoms with E-state index in [4.69, 9.17) is 4.74 Å². The fourth-order valence-corrected chi connectivity index (χ4v) is 2.68. The Labute approximate surface area is 127 Å². The molecular weight excluding hydrogens is 290 g/mol. The zero-order valence-electron chi connectivity index (χ0n) is 12.7. The summed E-state index contributed by atoms with van der Waals surface area (Å²) in [5.41, 5.74) is 0. The SMILES string of the molecule is CNCCCN(C)S(=O)(=O)NCCCOc1ccccc1. The van der Waals surface area contributed by atoms with Gasteiger partial charge in [-0.1, -0.05) is 18.2 Å². The third-order valence-corrected chi connectivity index (χ3v) is 4.50. The molecule has 1 rings (SSSR count). The number of hydrogen-bond donors (Lipinski definition) is 2. The predicted octanol–water partition coefficient (Wildman–Crippen LogP) is 0.831. The fraction of sp³-hybridized carbons (Fsp3) is 0.571. The Morgan fingerprint density at radius 1 is 1.14 bits per heavy atom. The number of para-hydroxylation sites is 1. The third kappa shape index (κ3) is 7.42. The summed E-state index contributed by atoms with van der Waals surface area (Å²) in [7, 11) is 0.0427. The van der Waals surface area contributed by atoms with Crippen molar-refractivity contribution in [3.8, 4) is 5.75 Å². The van der Waals surface area contributed by atoms with Crippen molar-refractivity contribution in [1.82, 2.24) is 14.3 Å². The molecule has 21 heavy (non-hydrogen) atoms. The maximum Gasteiger partial charge on any atom is 0.279 e. The number of rotatable bonds is 11. The van der Waals surface area contributed by atoms with Gasteiger partial charge in [-0.2, -0.15) is 12.7 Å². The molecule has 1 aromatic carbocycles. The maximum atomic E-state index is 11.9. The van der Waals surface area contributed by atoms with Gasteiger partial charge >= 0.3 is 0 Å². The molecule has 0 heterocycles. The fourth-order valence-electron chi connectivity index (χ4n) is 1.69. The van der Waals surface area contributed by atoms with Gasteiger partial charge in [0.1, 0.15) is 5.75 Å². The van der Waals surface area contributed by atoms with Crippen molar-refractivity contribution in [3.05, 3.63) is 30.3 Å². The van der Waals surface area contributed by atoms with Crippen LogP contribution in [0.4, 0.5) is 0 Å². The summed E-state index contributed by atoms with van der Waals surface area (Å²) in [5.74, 6) is 0.796. The summed E-state index contributed by atoms with van der Waals surface area (Å²) in [6.07, 6.45) is 1.41. The minimum Gasteiger partial charge on any atom is -0.494 e. The lowest BCUT2D eigenvalue weighted by atomic mass is 10.3. The van der Waals surface area contributed by atoms with Crippen molar-refractivity contribution in [2.75, 3.05) is 40.3 Å². The van der Waals surface area contributed by atoms with Crippen molar-refractivity contribution in [3.63, 3.8) is 0 Å². The van der Waals surface area contributed by atoms with E-state index in [-0.39, 0.29) is 0 Å².